The van der Waals surface area contributed by atoms with Crippen LogP contribution >= 0.6 is 35.3 Å². The second-order valence-electron chi connectivity index (χ2n) is 7.09. The Balaban J connectivity index is 0.00000320. The highest BCUT2D eigenvalue weighted by Crippen LogP contribution is 2.25. The van der Waals surface area contributed by atoms with Gasteiger partial charge in [0.2, 0.25) is 0 Å². The number of hydrogen-bond donors (Lipinski definition) is 1. The Kier molecular flexibility index (Phi) is 9.63. The number of ether oxygens (including phenoxy) is 2. The van der Waals surface area contributed by atoms with Crippen molar-refractivity contribution in [3.05, 3.63) is 39.3 Å². The lowest BCUT2D eigenvalue weighted by molar-refractivity contribution is 0.171. The lowest BCUT2D eigenvalue weighted by Crippen LogP contribution is -2.52. The van der Waals surface area contributed by atoms with E-state index in [4.69, 9.17) is 9.47 Å². The van der Waals surface area contributed by atoms with Crippen molar-refractivity contribution >= 4 is 41.3 Å². The summed E-state index contributed by atoms with van der Waals surface area (Å²) in [6.07, 6.45) is 0. The molecule has 0 amide bonds. The van der Waals surface area contributed by atoms with Gasteiger partial charge in [0.05, 0.1) is 26.5 Å². The van der Waals surface area contributed by atoms with Gasteiger partial charge in [-0.25, -0.2) is 4.98 Å². The molecule has 2 heterocycles. The van der Waals surface area contributed by atoms with Crippen molar-refractivity contribution in [2.24, 2.45) is 4.99 Å². The van der Waals surface area contributed by atoms with Crippen molar-refractivity contribution in [3.8, 4) is 11.5 Å². The topological polar surface area (TPSA) is 62.2 Å². The minimum Gasteiger partial charge on any atom is -0.497 e. The van der Waals surface area contributed by atoms with Gasteiger partial charge in [-0.1, -0.05) is 0 Å². The molecule has 1 aliphatic heterocycles. The van der Waals surface area contributed by atoms with Gasteiger partial charge in [0.1, 0.15) is 16.5 Å². The van der Waals surface area contributed by atoms with E-state index in [-0.39, 0.29) is 24.0 Å². The van der Waals surface area contributed by atoms with Crippen molar-refractivity contribution in [3.63, 3.8) is 0 Å². The third-order valence-corrected chi connectivity index (χ3v) is 6.31. The third-order valence-electron chi connectivity index (χ3n) is 5.24. The van der Waals surface area contributed by atoms with Crippen molar-refractivity contribution in [2.45, 2.75) is 26.9 Å². The molecule has 7 nitrogen and oxygen atoms in total. The highest BCUT2D eigenvalue weighted by molar-refractivity contribution is 14.0. The summed E-state index contributed by atoms with van der Waals surface area (Å²) in [5.74, 6) is 2.70. The van der Waals surface area contributed by atoms with Gasteiger partial charge >= 0.3 is 0 Å². The summed E-state index contributed by atoms with van der Waals surface area (Å²) in [4.78, 5) is 15.1. The smallest absolute Gasteiger partial charge is 0.194 e. The summed E-state index contributed by atoms with van der Waals surface area (Å²) < 4.78 is 10.9. The summed E-state index contributed by atoms with van der Waals surface area (Å²) in [6, 6.07) is 5.96. The monoisotopic (exact) mass is 545 g/mol. The molecule has 3 rings (SSSR count). The SMILES string of the molecule is CN=C(NCc1nc(C)c(C)s1)N1CCN(Cc2cc(OC)ccc2OC)CC1.I. The maximum Gasteiger partial charge on any atom is 0.194 e. The first-order chi connectivity index (χ1) is 14.0. The molecule has 0 saturated carbocycles. The molecule has 30 heavy (non-hydrogen) atoms. The van der Waals surface area contributed by atoms with E-state index in [2.05, 4.69) is 45.0 Å². The molecule has 1 aromatic carbocycles. The highest BCUT2D eigenvalue weighted by atomic mass is 127. The number of nitrogens with zero attached hydrogens (tertiary/aromatic N) is 4. The first kappa shape index (κ1) is 24.7. The number of methoxy groups -OCH3 is 2. The van der Waals surface area contributed by atoms with Gasteiger partial charge in [-0.15, -0.1) is 35.3 Å². The molecule has 0 aliphatic carbocycles. The fraction of sp³-hybridized carbons (Fsp3) is 0.524. The van der Waals surface area contributed by atoms with Gasteiger partial charge in [0.15, 0.2) is 5.96 Å². The quantitative estimate of drug-likeness (QED) is 0.342. The number of aliphatic imine (C=N–C) groups is 1. The number of benzene rings is 1. The second-order valence-corrected chi connectivity index (χ2v) is 8.38. The summed E-state index contributed by atoms with van der Waals surface area (Å²) in [7, 11) is 5.25. The first-order valence-corrected chi connectivity index (χ1v) is 10.7. The Morgan fingerprint density at radius 2 is 1.90 bits per heavy atom. The van der Waals surface area contributed by atoms with Crippen LogP contribution in [0, 0.1) is 13.8 Å². The van der Waals surface area contributed by atoms with Gasteiger partial charge in [0.25, 0.3) is 0 Å². The number of hydrogen-bond acceptors (Lipinski definition) is 6. The molecule has 1 aliphatic rings. The molecule has 1 saturated heterocycles. The molecule has 166 valence electrons. The van der Waals surface area contributed by atoms with E-state index in [0.717, 1.165) is 66.4 Å². The minimum absolute atomic E-state index is 0. The van der Waals surface area contributed by atoms with E-state index in [1.807, 2.05) is 19.2 Å². The van der Waals surface area contributed by atoms with Crippen LogP contribution in [0.3, 0.4) is 0 Å². The van der Waals surface area contributed by atoms with Gasteiger partial charge in [0, 0.05) is 50.2 Å². The van der Waals surface area contributed by atoms with Gasteiger partial charge in [-0.2, -0.15) is 0 Å². The minimum atomic E-state index is 0. The van der Waals surface area contributed by atoms with Crippen LogP contribution in [0.25, 0.3) is 0 Å². The van der Waals surface area contributed by atoms with E-state index >= 15 is 0 Å². The zero-order chi connectivity index (χ0) is 20.8. The van der Waals surface area contributed by atoms with Gasteiger partial charge < -0.3 is 19.7 Å². The molecule has 0 radical (unpaired) electrons. The molecule has 9 heteroatoms. The predicted octanol–water partition coefficient (Wildman–Crippen LogP) is 3.29. The third kappa shape index (κ3) is 6.21. The lowest BCUT2D eigenvalue weighted by Gasteiger charge is -2.36. The summed E-state index contributed by atoms with van der Waals surface area (Å²) in [6.45, 7) is 9.53. The van der Waals surface area contributed by atoms with E-state index in [1.165, 1.54) is 4.88 Å². The van der Waals surface area contributed by atoms with Gasteiger partial charge in [-0.3, -0.25) is 9.89 Å². The molecule has 0 atom stereocenters. The Bertz CT molecular complexity index is 830. The number of guanidine groups is 1. The zero-order valence-electron chi connectivity index (χ0n) is 18.4. The van der Waals surface area contributed by atoms with Crippen LogP contribution in [0.4, 0.5) is 0 Å². The average molecular weight is 545 g/mol. The van der Waals surface area contributed by atoms with Crippen LogP contribution < -0.4 is 14.8 Å². The van der Waals surface area contributed by atoms with Crippen LogP contribution in [0.15, 0.2) is 23.2 Å². The highest BCUT2D eigenvalue weighted by Gasteiger charge is 2.21. The summed E-state index contributed by atoms with van der Waals surface area (Å²) in [5.41, 5.74) is 2.26. The maximum absolute atomic E-state index is 5.52. The van der Waals surface area contributed by atoms with E-state index in [0.29, 0.717) is 6.54 Å². The van der Waals surface area contributed by atoms with Crippen molar-refractivity contribution in [1.29, 1.82) is 0 Å². The molecule has 1 aromatic heterocycles. The van der Waals surface area contributed by atoms with Crippen LogP contribution in [-0.2, 0) is 13.1 Å². The van der Waals surface area contributed by atoms with E-state index in [1.54, 1.807) is 25.6 Å². The second kappa shape index (κ2) is 11.7. The Hall–Kier alpha value is -1.59. The fourth-order valence-corrected chi connectivity index (χ4v) is 4.34. The number of rotatable bonds is 6. The summed E-state index contributed by atoms with van der Waals surface area (Å²) in [5, 5.41) is 4.56. The Labute approximate surface area is 200 Å². The largest absolute Gasteiger partial charge is 0.497 e. The lowest BCUT2D eigenvalue weighted by atomic mass is 10.1. The number of thiazole rings is 1. The Morgan fingerprint density at radius 1 is 1.17 bits per heavy atom. The van der Waals surface area contributed by atoms with E-state index < -0.39 is 0 Å². The van der Waals surface area contributed by atoms with Gasteiger partial charge in [-0.05, 0) is 32.0 Å². The molecule has 0 unspecified atom stereocenters. The number of aryl methyl sites for hydroxylation is 2. The van der Waals surface area contributed by atoms with Crippen molar-refractivity contribution < 1.29 is 9.47 Å². The van der Waals surface area contributed by atoms with Crippen molar-refractivity contribution in [2.75, 3.05) is 47.4 Å². The average Bonchev–Trinajstić information content (AvgIpc) is 3.06. The fourth-order valence-electron chi connectivity index (χ4n) is 3.47. The Morgan fingerprint density at radius 3 is 2.47 bits per heavy atom. The molecular formula is C21H32IN5O2S. The molecule has 2 aromatic rings. The van der Waals surface area contributed by atoms with Crippen LogP contribution in [0.2, 0.25) is 0 Å². The number of halogens is 1. The molecule has 0 bridgehead atoms. The standard InChI is InChI=1S/C21H31N5O2S.HI/c1-15-16(2)29-20(24-15)13-23-21(22-3)26-10-8-25(9-11-26)14-17-12-18(27-4)6-7-19(17)28-5;/h6-7,12H,8-11,13-14H2,1-5H3,(H,22,23);1H. The van der Waals surface area contributed by atoms with E-state index in [9.17, 15) is 0 Å². The molecular weight excluding hydrogens is 513 g/mol. The summed E-state index contributed by atoms with van der Waals surface area (Å²) >= 11 is 1.74. The predicted molar refractivity (Wildman–Crippen MR) is 134 cm³/mol. The molecule has 1 fully saturated rings. The van der Waals surface area contributed by atoms with Crippen molar-refractivity contribution in [1.82, 2.24) is 20.1 Å². The number of nitrogens with one attached hydrogen (secondary N) is 1. The maximum atomic E-state index is 5.52. The molecule has 0 spiro atoms. The number of piperazine rings is 1. The van der Waals surface area contributed by atoms with Crippen LogP contribution in [-0.4, -0.2) is 68.2 Å². The first-order valence-electron chi connectivity index (χ1n) is 9.85. The number of aromatic nitrogens is 1. The molecule has 1 N–H and O–H groups in total. The van der Waals surface area contributed by atoms with Crippen LogP contribution in [0.5, 0.6) is 11.5 Å². The van der Waals surface area contributed by atoms with Crippen LogP contribution in [0.1, 0.15) is 21.1 Å². The zero-order valence-corrected chi connectivity index (χ0v) is 21.5. The normalized spacial score (nSPS) is 15.0.